The summed E-state index contributed by atoms with van der Waals surface area (Å²) in [7, 11) is 0. The summed E-state index contributed by atoms with van der Waals surface area (Å²) < 4.78 is 0. The first kappa shape index (κ1) is 8.08. The fourth-order valence-corrected chi connectivity index (χ4v) is 0.984. The van der Waals surface area contributed by atoms with Gasteiger partial charge in [0.15, 0.2) is 0 Å². The molecule has 1 rings (SSSR count). The summed E-state index contributed by atoms with van der Waals surface area (Å²) in [5, 5.41) is 12.0. The van der Waals surface area contributed by atoms with Crippen LogP contribution in [-0.4, -0.2) is 11.7 Å². The van der Waals surface area contributed by atoms with Crippen LogP contribution in [0.4, 0.5) is 5.69 Å². The van der Waals surface area contributed by atoms with Crippen molar-refractivity contribution in [3.63, 3.8) is 0 Å². The number of rotatable bonds is 3. The maximum Gasteiger partial charge on any atom is 0.0682 e. The molecule has 2 heteroatoms. The number of aliphatic hydroxyl groups excluding tert-OH is 1. The molecule has 11 heavy (non-hydrogen) atoms. The lowest BCUT2D eigenvalue weighted by atomic mass is 10.2. The Balaban J connectivity index is 2.74. The van der Waals surface area contributed by atoms with Gasteiger partial charge in [-0.05, 0) is 24.6 Å². The van der Waals surface area contributed by atoms with Crippen LogP contribution in [0.25, 0.3) is 0 Å². The third-order valence-corrected chi connectivity index (χ3v) is 1.49. The molecule has 1 aromatic carbocycles. The minimum atomic E-state index is 0.110. The number of hydrogen-bond acceptors (Lipinski definition) is 2. The predicted octanol–water partition coefficient (Wildman–Crippen LogP) is 1.61. The summed E-state index contributed by atoms with van der Waals surface area (Å²) in [6.45, 7) is 3.07. The fraction of sp³-hybridized carbons (Fsp3) is 0.333. The lowest BCUT2D eigenvalue weighted by Crippen LogP contribution is -1.96. The Morgan fingerprint density at radius 2 is 2.27 bits per heavy atom. The minimum absolute atomic E-state index is 0.110. The molecule has 0 spiro atoms. The first-order valence-electron chi connectivity index (χ1n) is 3.80. The van der Waals surface area contributed by atoms with Gasteiger partial charge in [0, 0.05) is 12.2 Å². The predicted molar refractivity (Wildman–Crippen MR) is 46.5 cm³/mol. The summed E-state index contributed by atoms with van der Waals surface area (Å²) in [6, 6.07) is 7.77. The van der Waals surface area contributed by atoms with E-state index in [0.29, 0.717) is 0 Å². The van der Waals surface area contributed by atoms with Crippen LogP contribution in [0.5, 0.6) is 0 Å². The zero-order valence-corrected chi connectivity index (χ0v) is 6.67. The van der Waals surface area contributed by atoms with Gasteiger partial charge in [-0.15, -0.1) is 0 Å². The molecule has 0 aliphatic heterocycles. The molecule has 1 aromatic rings. The van der Waals surface area contributed by atoms with E-state index < -0.39 is 0 Å². The number of nitrogens with one attached hydrogen (secondary N) is 1. The number of hydrogen-bond donors (Lipinski definition) is 2. The number of benzene rings is 1. The van der Waals surface area contributed by atoms with E-state index in [0.717, 1.165) is 17.8 Å². The van der Waals surface area contributed by atoms with Gasteiger partial charge in [-0.25, -0.2) is 0 Å². The number of aliphatic hydroxyl groups is 1. The maximum absolute atomic E-state index is 8.80. The van der Waals surface area contributed by atoms with E-state index in [4.69, 9.17) is 5.11 Å². The highest BCUT2D eigenvalue weighted by Crippen LogP contribution is 2.09. The summed E-state index contributed by atoms with van der Waals surface area (Å²) >= 11 is 0. The van der Waals surface area contributed by atoms with Gasteiger partial charge >= 0.3 is 0 Å². The zero-order chi connectivity index (χ0) is 8.10. The second kappa shape index (κ2) is 3.98. The molecule has 0 atom stereocenters. The molecule has 0 amide bonds. The van der Waals surface area contributed by atoms with Crippen LogP contribution in [0.3, 0.4) is 0 Å². The standard InChI is InChI=1S/C9H13NO/c1-2-10-9-5-3-4-8(6-9)7-11/h3-6,10-11H,2,7H2,1H3. The Morgan fingerprint density at radius 1 is 1.45 bits per heavy atom. The highest BCUT2D eigenvalue weighted by atomic mass is 16.3. The summed E-state index contributed by atoms with van der Waals surface area (Å²) in [6.07, 6.45) is 0. The fourth-order valence-electron chi connectivity index (χ4n) is 0.984. The normalized spacial score (nSPS) is 9.64. The van der Waals surface area contributed by atoms with E-state index in [9.17, 15) is 0 Å². The molecule has 0 saturated heterocycles. The van der Waals surface area contributed by atoms with Crippen molar-refractivity contribution in [1.29, 1.82) is 0 Å². The molecule has 60 valence electrons. The van der Waals surface area contributed by atoms with Gasteiger partial charge in [-0.1, -0.05) is 12.1 Å². The van der Waals surface area contributed by atoms with Gasteiger partial charge in [0.25, 0.3) is 0 Å². The minimum Gasteiger partial charge on any atom is -0.392 e. The molecule has 0 saturated carbocycles. The van der Waals surface area contributed by atoms with Crippen molar-refractivity contribution in [3.8, 4) is 0 Å². The first-order valence-corrected chi connectivity index (χ1v) is 3.80. The Bertz CT molecular complexity index is 223. The Hall–Kier alpha value is -1.02. The van der Waals surface area contributed by atoms with E-state index in [1.54, 1.807) is 0 Å². The Labute approximate surface area is 66.9 Å². The van der Waals surface area contributed by atoms with Crippen LogP contribution >= 0.6 is 0 Å². The van der Waals surface area contributed by atoms with Crippen molar-refractivity contribution in [2.45, 2.75) is 13.5 Å². The molecule has 0 aliphatic carbocycles. The molecule has 2 N–H and O–H groups in total. The van der Waals surface area contributed by atoms with Gasteiger partial charge in [0.2, 0.25) is 0 Å². The largest absolute Gasteiger partial charge is 0.392 e. The summed E-state index contributed by atoms with van der Waals surface area (Å²) in [5.74, 6) is 0. The van der Waals surface area contributed by atoms with Crippen LogP contribution in [-0.2, 0) is 6.61 Å². The van der Waals surface area contributed by atoms with Crippen molar-refractivity contribution < 1.29 is 5.11 Å². The average molecular weight is 151 g/mol. The monoisotopic (exact) mass is 151 g/mol. The molecule has 0 aliphatic rings. The summed E-state index contributed by atoms with van der Waals surface area (Å²) in [4.78, 5) is 0. The average Bonchev–Trinajstić information content (AvgIpc) is 2.06. The van der Waals surface area contributed by atoms with Crippen molar-refractivity contribution in [1.82, 2.24) is 0 Å². The van der Waals surface area contributed by atoms with Crippen molar-refractivity contribution in [3.05, 3.63) is 29.8 Å². The van der Waals surface area contributed by atoms with E-state index in [1.165, 1.54) is 0 Å². The third-order valence-electron chi connectivity index (χ3n) is 1.49. The molecule has 0 aromatic heterocycles. The molecule has 0 fully saturated rings. The van der Waals surface area contributed by atoms with E-state index in [1.807, 2.05) is 31.2 Å². The third kappa shape index (κ3) is 2.24. The highest BCUT2D eigenvalue weighted by molar-refractivity contribution is 5.45. The Kier molecular flexibility index (Phi) is 2.93. The van der Waals surface area contributed by atoms with Gasteiger partial charge in [0.05, 0.1) is 6.61 Å². The zero-order valence-electron chi connectivity index (χ0n) is 6.67. The van der Waals surface area contributed by atoms with E-state index in [2.05, 4.69) is 5.32 Å². The van der Waals surface area contributed by atoms with Crippen LogP contribution in [0, 0.1) is 0 Å². The molecular formula is C9H13NO. The SMILES string of the molecule is CCNc1cccc(CO)c1. The second-order valence-corrected chi connectivity index (χ2v) is 2.39. The lowest BCUT2D eigenvalue weighted by molar-refractivity contribution is 0.282. The molecule has 0 radical (unpaired) electrons. The van der Waals surface area contributed by atoms with Crippen LogP contribution in [0.2, 0.25) is 0 Å². The van der Waals surface area contributed by atoms with Gasteiger partial charge in [0.1, 0.15) is 0 Å². The van der Waals surface area contributed by atoms with E-state index in [-0.39, 0.29) is 6.61 Å². The lowest BCUT2D eigenvalue weighted by Gasteiger charge is -2.03. The number of anilines is 1. The smallest absolute Gasteiger partial charge is 0.0682 e. The molecule has 0 unspecified atom stereocenters. The topological polar surface area (TPSA) is 32.3 Å². The second-order valence-electron chi connectivity index (χ2n) is 2.39. The highest BCUT2D eigenvalue weighted by Gasteiger charge is 1.91. The van der Waals surface area contributed by atoms with Crippen LogP contribution < -0.4 is 5.32 Å². The van der Waals surface area contributed by atoms with Crippen molar-refractivity contribution in [2.75, 3.05) is 11.9 Å². The van der Waals surface area contributed by atoms with Gasteiger partial charge < -0.3 is 10.4 Å². The van der Waals surface area contributed by atoms with Gasteiger partial charge in [-0.3, -0.25) is 0 Å². The molecule has 0 heterocycles. The Morgan fingerprint density at radius 3 is 2.91 bits per heavy atom. The maximum atomic E-state index is 8.80. The molecule has 0 bridgehead atoms. The molecule has 2 nitrogen and oxygen atoms in total. The quantitative estimate of drug-likeness (QED) is 0.688. The van der Waals surface area contributed by atoms with Crippen molar-refractivity contribution >= 4 is 5.69 Å². The van der Waals surface area contributed by atoms with Crippen molar-refractivity contribution in [2.24, 2.45) is 0 Å². The van der Waals surface area contributed by atoms with Gasteiger partial charge in [-0.2, -0.15) is 0 Å². The van der Waals surface area contributed by atoms with Crippen LogP contribution in [0.1, 0.15) is 12.5 Å². The first-order chi connectivity index (χ1) is 5.36. The van der Waals surface area contributed by atoms with Crippen LogP contribution in [0.15, 0.2) is 24.3 Å². The summed E-state index contributed by atoms with van der Waals surface area (Å²) in [5.41, 5.74) is 2.02. The molecular weight excluding hydrogens is 138 g/mol. The van der Waals surface area contributed by atoms with E-state index >= 15 is 0 Å².